The Bertz CT molecular complexity index is 683. The van der Waals surface area contributed by atoms with Crippen LogP contribution in [0, 0.1) is 6.92 Å². The maximum absolute atomic E-state index is 5.89. The number of nitrogens with zero attached hydrogens (tertiary/aromatic N) is 2. The summed E-state index contributed by atoms with van der Waals surface area (Å²) in [4.78, 5) is 4.45. The van der Waals surface area contributed by atoms with Gasteiger partial charge in [-0.05, 0) is 42.3 Å². The summed E-state index contributed by atoms with van der Waals surface area (Å²) >= 11 is 5.89. The Hall–Kier alpha value is -1.80. The van der Waals surface area contributed by atoms with Crippen LogP contribution in [0.4, 0.5) is 0 Å². The summed E-state index contributed by atoms with van der Waals surface area (Å²) in [5.74, 6) is 0. The van der Waals surface area contributed by atoms with E-state index in [4.69, 9.17) is 11.6 Å². The van der Waals surface area contributed by atoms with Gasteiger partial charge in [-0.2, -0.15) is 0 Å². The van der Waals surface area contributed by atoms with Crippen LogP contribution >= 0.6 is 11.6 Å². The summed E-state index contributed by atoms with van der Waals surface area (Å²) in [5.41, 5.74) is 3.51. The van der Waals surface area contributed by atoms with Crippen LogP contribution in [0.25, 0.3) is 11.0 Å². The lowest BCUT2D eigenvalue weighted by Crippen LogP contribution is -1.98. The molecule has 0 saturated heterocycles. The van der Waals surface area contributed by atoms with Crippen LogP contribution < -0.4 is 0 Å². The summed E-state index contributed by atoms with van der Waals surface area (Å²) in [6.07, 6.45) is 3.98. The molecule has 0 aliphatic carbocycles. The molecule has 2 heterocycles. The molecule has 2 aromatic heterocycles. The van der Waals surface area contributed by atoms with E-state index in [0.717, 1.165) is 17.2 Å². The zero-order valence-electron chi connectivity index (χ0n) is 10.1. The number of rotatable bonds is 2. The molecule has 0 unspecified atom stereocenters. The van der Waals surface area contributed by atoms with Crippen molar-refractivity contribution in [2.24, 2.45) is 0 Å². The van der Waals surface area contributed by atoms with Gasteiger partial charge in [0.2, 0.25) is 0 Å². The number of hydrogen-bond acceptors (Lipinski definition) is 1. The van der Waals surface area contributed by atoms with Crippen LogP contribution in [0.5, 0.6) is 0 Å². The van der Waals surface area contributed by atoms with Crippen LogP contribution in [0.2, 0.25) is 5.02 Å². The van der Waals surface area contributed by atoms with Crippen molar-refractivity contribution < 1.29 is 0 Å². The van der Waals surface area contributed by atoms with Crippen molar-refractivity contribution in [2.75, 3.05) is 0 Å². The normalized spacial score (nSPS) is 11.0. The maximum atomic E-state index is 5.89. The van der Waals surface area contributed by atoms with E-state index in [2.05, 4.69) is 28.7 Å². The first kappa shape index (κ1) is 11.3. The lowest BCUT2D eigenvalue weighted by atomic mass is 10.2. The molecule has 3 heteroatoms. The molecule has 0 radical (unpaired) electrons. The molecular formula is C15H13ClN2. The third-order valence-electron chi connectivity index (χ3n) is 3.10. The summed E-state index contributed by atoms with van der Waals surface area (Å²) in [5, 5.41) is 1.98. The fraction of sp³-hybridized carbons (Fsp3) is 0.133. The van der Waals surface area contributed by atoms with Crippen LogP contribution in [-0.4, -0.2) is 9.55 Å². The standard InChI is InChI=1S/C15H13ClN2/c1-11-9-18(15-14(11)3-2-8-17-15)10-12-4-6-13(16)7-5-12/h2-9H,10H2,1H3. The topological polar surface area (TPSA) is 17.8 Å². The molecule has 3 rings (SSSR count). The number of aryl methyl sites for hydroxylation is 1. The van der Waals surface area contributed by atoms with Crippen LogP contribution in [0.1, 0.15) is 11.1 Å². The SMILES string of the molecule is Cc1cn(Cc2ccc(Cl)cc2)c2ncccc12. The molecule has 0 saturated carbocycles. The Balaban J connectivity index is 2.02. The summed E-state index contributed by atoms with van der Waals surface area (Å²) in [6.45, 7) is 2.93. The minimum atomic E-state index is 0.769. The van der Waals surface area contributed by atoms with Crippen molar-refractivity contribution in [1.82, 2.24) is 9.55 Å². The van der Waals surface area contributed by atoms with Crippen LogP contribution in [-0.2, 0) is 6.54 Å². The lowest BCUT2D eigenvalue weighted by Gasteiger charge is -2.04. The molecular weight excluding hydrogens is 244 g/mol. The van der Waals surface area contributed by atoms with E-state index in [0.29, 0.717) is 0 Å². The number of benzene rings is 1. The molecule has 0 amide bonds. The molecule has 0 fully saturated rings. The second kappa shape index (κ2) is 4.46. The minimum Gasteiger partial charge on any atom is -0.328 e. The van der Waals surface area contributed by atoms with Gasteiger partial charge in [-0.15, -0.1) is 0 Å². The predicted octanol–water partition coefficient (Wildman–Crippen LogP) is 4.05. The second-order valence-electron chi connectivity index (χ2n) is 4.44. The average Bonchev–Trinajstić information content (AvgIpc) is 2.70. The fourth-order valence-electron chi connectivity index (χ4n) is 2.21. The monoisotopic (exact) mass is 256 g/mol. The van der Waals surface area contributed by atoms with E-state index >= 15 is 0 Å². The molecule has 0 bridgehead atoms. The van der Waals surface area contributed by atoms with Crippen molar-refractivity contribution >= 4 is 22.6 Å². The van der Waals surface area contributed by atoms with Gasteiger partial charge in [0, 0.05) is 29.3 Å². The van der Waals surface area contributed by atoms with Gasteiger partial charge in [-0.1, -0.05) is 23.7 Å². The number of aromatic nitrogens is 2. The first-order valence-electron chi connectivity index (χ1n) is 5.89. The van der Waals surface area contributed by atoms with Crippen molar-refractivity contribution in [3.63, 3.8) is 0 Å². The van der Waals surface area contributed by atoms with Crippen molar-refractivity contribution in [1.29, 1.82) is 0 Å². The smallest absolute Gasteiger partial charge is 0.140 e. The quantitative estimate of drug-likeness (QED) is 0.676. The Morgan fingerprint density at radius 2 is 1.94 bits per heavy atom. The van der Waals surface area contributed by atoms with E-state index in [1.807, 2.05) is 36.5 Å². The number of pyridine rings is 1. The highest BCUT2D eigenvalue weighted by Gasteiger charge is 2.06. The van der Waals surface area contributed by atoms with E-state index in [1.54, 1.807) is 0 Å². The molecule has 0 aliphatic rings. The average molecular weight is 257 g/mol. The molecule has 1 aromatic carbocycles. The number of halogens is 1. The number of fused-ring (bicyclic) bond motifs is 1. The van der Waals surface area contributed by atoms with Gasteiger partial charge in [-0.3, -0.25) is 0 Å². The highest BCUT2D eigenvalue weighted by Crippen LogP contribution is 2.20. The Morgan fingerprint density at radius 3 is 2.72 bits per heavy atom. The summed E-state index contributed by atoms with van der Waals surface area (Å²) in [7, 11) is 0. The van der Waals surface area contributed by atoms with Gasteiger partial charge in [0.1, 0.15) is 5.65 Å². The first-order valence-corrected chi connectivity index (χ1v) is 6.27. The summed E-state index contributed by atoms with van der Waals surface area (Å²) < 4.78 is 2.17. The lowest BCUT2D eigenvalue weighted by molar-refractivity contribution is 0.823. The zero-order chi connectivity index (χ0) is 12.5. The van der Waals surface area contributed by atoms with Gasteiger partial charge in [0.05, 0.1) is 0 Å². The third-order valence-corrected chi connectivity index (χ3v) is 3.35. The molecule has 90 valence electrons. The summed E-state index contributed by atoms with van der Waals surface area (Å²) in [6, 6.07) is 12.0. The molecule has 18 heavy (non-hydrogen) atoms. The molecule has 0 aliphatic heterocycles. The van der Waals surface area contributed by atoms with E-state index in [-0.39, 0.29) is 0 Å². The van der Waals surface area contributed by atoms with Crippen molar-refractivity contribution in [3.8, 4) is 0 Å². The van der Waals surface area contributed by atoms with Crippen LogP contribution in [0.15, 0.2) is 48.8 Å². The van der Waals surface area contributed by atoms with Gasteiger partial charge < -0.3 is 4.57 Å². The maximum Gasteiger partial charge on any atom is 0.140 e. The highest BCUT2D eigenvalue weighted by molar-refractivity contribution is 6.30. The minimum absolute atomic E-state index is 0.769. The molecule has 0 N–H and O–H groups in total. The predicted molar refractivity (Wildman–Crippen MR) is 75.0 cm³/mol. The molecule has 2 nitrogen and oxygen atoms in total. The highest BCUT2D eigenvalue weighted by atomic mass is 35.5. The fourth-order valence-corrected chi connectivity index (χ4v) is 2.33. The first-order chi connectivity index (χ1) is 8.74. The van der Waals surface area contributed by atoms with Gasteiger partial charge in [0.25, 0.3) is 0 Å². The Kier molecular flexibility index (Phi) is 2.80. The van der Waals surface area contributed by atoms with Gasteiger partial charge in [0.15, 0.2) is 0 Å². The molecule has 3 aromatic rings. The molecule has 0 atom stereocenters. The van der Waals surface area contributed by atoms with Crippen molar-refractivity contribution in [2.45, 2.75) is 13.5 Å². The van der Waals surface area contributed by atoms with E-state index < -0.39 is 0 Å². The van der Waals surface area contributed by atoms with Gasteiger partial charge in [-0.25, -0.2) is 4.98 Å². The van der Waals surface area contributed by atoms with E-state index in [9.17, 15) is 0 Å². The Morgan fingerprint density at radius 1 is 1.17 bits per heavy atom. The largest absolute Gasteiger partial charge is 0.328 e. The molecule has 0 spiro atoms. The number of hydrogen-bond donors (Lipinski definition) is 0. The van der Waals surface area contributed by atoms with E-state index in [1.165, 1.54) is 16.5 Å². The van der Waals surface area contributed by atoms with Crippen LogP contribution in [0.3, 0.4) is 0 Å². The zero-order valence-corrected chi connectivity index (χ0v) is 10.9. The third kappa shape index (κ3) is 2.00. The van der Waals surface area contributed by atoms with Crippen molar-refractivity contribution in [3.05, 3.63) is 64.9 Å². The second-order valence-corrected chi connectivity index (χ2v) is 4.88. The Labute approximate surface area is 111 Å². The van der Waals surface area contributed by atoms with Gasteiger partial charge >= 0.3 is 0 Å².